The van der Waals surface area contributed by atoms with Crippen molar-refractivity contribution < 1.29 is 13.6 Å². The van der Waals surface area contributed by atoms with E-state index in [0.29, 0.717) is 13.2 Å². The van der Waals surface area contributed by atoms with E-state index in [9.17, 15) is 0 Å². The monoisotopic (exact) mass is 371 g/mol. The van der Waals surface area contributed by atoms with Gasteiger partial charge in [-0.05, 0) is 50.2 Å². The van der Waals surface area contributed by atoms with Crippen molar-refractivity contribution in [3.05, 3.63) is 60.7 Å². The molecule has 1 saturated heterocycles. The molecular formula is C21H29NO3Si. The summed E-state index contributed by atoms with van der Waals surface area (Å²) < 4.78 is 18.5. The maximum atomic E-state index is 6.54. The first-order chi connectivity index (χ1) is 12.7. The SMILES string of the molecule is CCO[Si]1(C)CCCOCC(CN(c2ccccc2)c2ccccc2)O1. The van der Waals surface area contributed by atoms with E-state index < -0.39 is 8.56 Å². The summed E-state index contributed by atoms with van der Waals surface area (Å²) in [4.78, 5) is 2.30. The third kappa shape index (κ3) is 5.17. The Hall–Kier alpha value is -1.66. The lowest BCUT2D eigenvalue weighted by Crippen LogP contribution is -2.48. The number of rotatable bonds is 6. The van der Waals surface area contributed by atoms with Crippen LogP contribution in [0.4, 0.5) is 11.4 Å². The molecule has 0 saturated carbocycles. The van der Waals surface area contributed by atoms with Crippen LogP contribution >= 0.6 is 0 Å². The highest BCUT2D eigenvalue weighted by Crippen LogP contribution is 2.28. The summed E-state index contributed by atoms with van der Waals surface area (Å²) in [5.74, 6) is 0. The van der Waals surface area contributed by atoms with Crippen molar-refractivity contribution in [1.82, 2.24) is 0 Å². The van der Waals surface area contributed by atoms with Gasteiger partial charge in [-0.3, -0.25) is 0 Å². The Morgan fingerprint density at radius 3 is 2.23 bits per heavy atom. The van der Waals surface area contributed by atoms with E-state index in [-0.39, 0.29) is 6.10 Å². The molecule has 0 N–H and O–H groups in total. The molecule has 1 aliphatic heterocycles. The minimum absolute atomic E-state index is 0.0149. The Labute approximate surface area is 157 Å². The Morgan fingerprint density at radius 1 is 1.04 bits per heavy atom. The Morgan fingerprint density at radius 2 is 1.65 bits per heavy atom. The molecule has 2 aromatic carbocycles. The van der Waals surface area contributed by atoms with Crippen molar-refractivity contribution in [1.29, 1.82) is 0 Å². The molecule has 0 aliphatic carbocycles. The zero-order valence-electron chi connectivity index (χ0n) is 15.8. The summed E-state index contributed by atoms with van der Waals surface area (Å²) in [5, 5.41) is 0. The second-order valence-electron chi connectivity index (χ2n) is 6.77. The maximum Gasteiger partial charge on any atom is 0.335 e. The van der Waals surface area contributed by atoms with Crippen LogP contribution in [0.2, 0.25) is 12.6 Å². The van der Waals surface area contributed by atoms with Crippen LogP contribution in [0, 0.1) is 0 Å². The molecule has 0 spiro atoms. The van der Waals surface area contributed by atoms with Crippen LogP contribution in [-0.2, 0) is 13.6 Å². The molecule has 0 amide bonds. The zero-order valence-corrected chi connectivity index (χ0v) is 16.8. The molecular weight excluding hydrogens is 342 g/mol. The van der Waals surface area contributed by atoms with Crippen LogP contribution in [0.25, 0.3) is 0 Å². The molecule has 0 radical (unpaired) electrons. The number of para-hydroxylation sites is 2. The number of benzene rings is 2. The molecule has 1 fully saturated rings. The van der Waals surface area contributed by atoms with E-state index in [2.05, 4.69) is 60.0 Å². The zero-order chi connectivity index (χ0) is 18.2. The topological polar surface area (TPSA) is 30.9 Å². The average Bonchev–Trinajstić information content (AvgIpc) is 2.65. The predicted molar refractivity (Wildman–Crippen MR) is 108 cm³/mol. The van der Waals surface area contributed by atoms with Crippen LogP contribution in [0.3, 0.4) is 0 Å². The maximum absolute atomic E-state index is 6.54. The van der Waals surface area contributed by atoms with Gasteiger partial charge in [-0.2, -0.15) is 0 Å². The summed E-state index contributed by atoms with van der Waals surface area (Å²) >= 11 is 0. The normalized spacial score (nSPS) is 23.8. The van der Waals surface area contributed by atoms with Gasteiger partial charge in [0.2, 0.25) is 0 Å². The number of hydrogen-bond acceptors (Lipinski definition) is 4. The number of anilines is 2. The molecule has 3 rings (SSSR count). The Kier molecular flexibility index (Phi) is 6.85. The van der Waals surface area contributed by atoms with Gasteiger partial charge >= 0.3 is 8.56 Å². The lowest BCUT2D eigenvalue weighted by atomic mass is 10.2. The van der Waals surface area contributed by atoms with Gasteiger partial charge in [0.1, 0.15) is 0 Å². The first-order valence-electron chi connectivity index (χ1n) is 9.47. The summed E-state index contributed by atoms with van der Waals surface area (Å²) in [6.45, 7) is 7.06. The van der Waals surface area contributed by atoms with Crippen molar-refractivity contribution in [2.75, 3.05) is 31.3 Å². The number of nitrogens with zero attached hydrogens (tertiary/aromatic N) is 1. The molecule has 2 aromatic rings. The summed E-state index contributed by atoms with van der Waals surface area (Å²) in [5.41, 5.74) is 2.31. The molecule has 2 atom stereocenters. The Balaban J connectivity index is 1.82. The van der Waals surface area contributed by atoms with Gasteiger partial charge in [0.05, 0.1) is 19.3 Å². The van der Waals surface area contributed by atoms with Gasteiger partial charge in [-0.15, -0.1) is 0 Å². The van der Waals surface area contributed by atoms with E-state index in [1.54, 1.807) is 0 Å². The average molecular weight is 372 g/mol. The first-order valence-corrected chi connectivity index (χ1v) is 12.0. The Bertz CT molecular complexity index is 615. The second kappa shape index (κ2) is 9.32. The fourth-order valence-corrected chi connectivity index (χ4v) is 6.01. The van der Waals surface area contributed by atoms with Crippen molar-refractivity contribution in [3.63, 3.8) is 0 Å². The van der Waals surface area contributed by atoms with Crippen LogP contribution < -0.4 is 4.90 Å². The molecule has 140 valence electrons. The predicted octanol–water partition coefficient (Wildman–Crippen LogP) is 4.74. The van der Waals surface area contributed by atoms with Gasteiger partial charge in [-0.1, -0.05) is 36.4 Å². The van der Waals surface area contributed by atoms with Gasteiger partial charge in [0.25, 0.3) is 0 Å². The molecule has 4 nitrogen and oxygen atoms in total. The molecule has 0 aromatic heterocycles. The van der Waals surface area contributed by atoms with E-state index in [4.69, 9.17) is 13.6 Å². The molecule has 5 heteroatoms. The molecule has 2 unspecified atom stereocenters. The summed E-state index contributed by atoms with van der Waals surface area (Å²) in [6.07, 6.45) is 0.996. The molecule has 1 heterocycles. The fraction of sp³-hybridized carbons (Fsp3) is 0.429. The quantitative estimate of drug-likeness (QED) is 0.686. The van der Waals surface area contributed by atoms with Crippen molar-refractivity contribution in [2.24, 2.45) is 0 Å². The second-order valence-corrected chi connectivity index (χ2v) is 10.1. The van der Waals surface area contributed by atoms with E-state index in [1.165, 1.54) is 0 Å². The molecule has 1 aliphatic rings. The molecule has 0 bridgehead atoms. The fourth-order valence-electron chi connectivity index (χ4n) is 3.44. The highest BCUT2D eigenvalue weighted by Gasteiger charge is 2.36. The summed E-state index contributed by atoms with van der Waals surface area (Å²) in [6, 6.07) is 21.9. The third-order valence-electron chi connectivity index (χ3n) is 4.61. The molecule has 26 heavy (non-hydrogen) atoms. The van der Waals surface area contributed by atoms with Crippen molar-refractivity contribution >= 4 is 19.9 Å². The summed E-state index contributed by atoms with van der Waals surface area (Å²) in [7, 11) is -2.16. The van der Waals surface area contributed by atoms with Crippen LogP contribution in [0.15, 0.2) is 60.7 Å². The van der Waals surface area contributed by atoms with E-state index in [0.717, 1.165) is 37.0 Å². The van der Waals surface area contributed by atoms with Gasteiger partial charge in [0.15, 0.2) is 0 Å². The highest BCUT2D eigenvalue weighted by molar-refractivity contribution is 6.66. The van der Waals surface area contributed by atoms with E-state index >= 15 is 0 Å². The van der Waals surface area contributed by atoms with Crippen molar-refractivity contribution in [2.45, 2.75) is 32.0 Å². The lowest BCUT2D eigenvalue weighted by molar-refractivity contribution is 0.0185. The standard InChI is InChI=1S/C21H29NO3Si/c1-3-24-26(2)16-10-15-23-18-21(25-26)17-22(19-11-6-4-7-12-19)20-13-8-5-9-14-20/h4-9,11-14,21H,3,10,15-18H2,1-2H3. The van der Waals surface area contributed by atoms with Crippen LogP contribution in [0.1, 0.15) is 13.3 Å². The number of hydrogen-bond donors (Lipinski definition) is 0. The van der Waals surface area contributed by atoms with Gasteiger partial charge in [0, 0.05) is 24.6 Å². The third-order valence-corrected chi connectivity index (χ3v) is 7.60. The largest absolute Gasteiger partial charge is 0.395 e. The minimum Gasteiger partial charge on any atom is -0.395 e. The lowest BCUT2D eigenvalue weighted by Gasteiger charge is -2.36. The smallest absolute Gasteiger partial charge is 0.335 e. The minimum atomic E-state index is -2.16. The number of ether oxygens (including phenoxy) is 1. The van der Waals surface area contributed by atoms with E-state index in [1.807, 2.05) is 19.1 Å². The highest BCUT2D eigenvalue weighted by atomic mass is 28.4. The van der Waals surface area contributed by atoms with Gasteiger partial charge < -0.3 is 18.5 Å². The van der Waals surface area contributed by atoms with Gasteiger partial charge in [-0.25, -0.2) is 0 Å². The van der Waals surface area contributed by atoms with Crippen LogP contribution in [-0.4, -0.2) is 41.0 Å². The van der Waals surface area contributed by atoms with Crippen molar-refractivity contribution in [3.8, 4) is 0 Å². The van der Waals surface area contributed by atoms with Crippen LogP contribution in [0.5, 0.6) is 0 Å². The first kappa shape index (κ1) is 19.1.